The minimum absolute atomic E-state index is 0. The fourth-order valence-electron chi connectivity index (χ4n) is 0.0727. The van der Waals surface area contributed by atoms with Crippen molar-refractivity contribution in [3.8, 4) is 0 Å². The van der Waals surface area contributed by atoms with Gasteiger partial charge in [-0.1, -0.05) is 0 Å². The molecule has 0 rings (SSSR count). The van der Waals surface area contributed by atoms with Crippen LogP contribution in [0.1, 0.15) is 0 Å². The van der Waals surface area contributed by atoms with E-state index in [2.05, 4.69) is 6.58 Å². The second-order valence-electron chi connectivity index (χ2n) is 0.649. The van der Waals surface area contributed by atoms with Gasteiger partial charge in [0.2, 0.25) is 0 Å². The smallest absolute Gasteiger partial charge is 0.293 e. The molecule has 0 saturated heterocycles. The average molecular weight is 96.0 g/mol. The predicted molar refractivity (Wildman–Crippen MR) is 19.2 cm³/mol. The van der Waals surface area contributed by atoms with E-state index in [1.165, 1.54) is 0 Å². The van der Waals surface area contributed by atoms with Crippen molar-refractivity contribution in [2.45, 2.75) is 0 Å². The van der Waals surface area contributed by atoms with Crippen molar-refractivity contribution >= 4 is 0 Å². The van der Waals surface area contributed by atoms with Crippen molar-refractivity contribution in [1.82, 2.24) is 0 Å². The van der Waals surface area contributed by atoms with E-state index in [1.54, 1.807) is 0 Å². The molecule has 7 heavy (non-hydrogen) atoms. The van der Waals surface area contributed by atoms with E-state index in [0.29, 0.717) is 6.08 Å². The van der Waals surface area contributed by atoms with Crippen LogP contribution >= 0.6 is 0 Å². The summed E-state index contributed by atoms with van der Waals surface area (Å²) in [5, 5.41) is 0. The molecule has 0 heterocycles. The number of halogens is 2. The third-order valence-corrected chi connectivity index (χ3v) is 0.222. The molecule has 0 fully saturated rings. The standard InChI is InChI=1S/C4H3F2.Li/c1-2-3-4(5)6;/h1-3H;/q-1;+1. The number of rotatable bonds is 1. The zero-order chi connectivity index (χ0) is 4.99. The molecule has 0 unspecified atom stereocenters. The molecule has 0 aliphatic rings. The molecule has 0 aromatic rings. The SMILES string of the molecule is [CH-]=CC=C(F)F.[Li+]. The van der Waals surface area contributed by atoms with Crippen LogP contribution in [-0.2, 0) is 0 Å². The van der Waals surface area contributed by atoms with E-state index in [4.69, 9.17) is 0 Å². The quantitative estimate of drug-likeness (QED) is 0.217. The second-order valence-corrected chi connectivity index (χ2v) is 0.649. The van der Waals surface area contributed by atoms with Gasteiger partial charge in [0.15, 0.2) is 6.08 Å². The fourth-order valence-corrected chi connectivity index (χ4v) is 0.0727. The van der Waals surface area contributed by atoms with Crippen LogP contribution in [-0.4, -0.2) is 0 Å². The van der Waals surface area contributed by atoms with Gasteiger partial charge in [0.05, 0.1) is 0 Å². The van der Waals surface area contributed by atoms with E-state index in [1.807, 2.05) is 0 Å². The van der Waals surface area contributed by atoms with Gasteiger partial charge in [-0.15, -0.1) is 6.08 Å². The van der Waals surface area contributed by atoms with Gasteiger partial charge in [0.1, 0.15) is 0 Å². The molecule has 0 aliphatic heterocycles. The zero-order valence-corrected chi connectivity index (χ0v) is 3.99. The Kier molecular flexibility index (Phi) is 8.51. The van der Waals surface area contributed by atoms with Crippen molar-refractivity contribution in [3.05, 3.63) is 24.8 Å². The molecule has 0 aliphatic carbocycles. The maximum Gasteiger partial charge on any atom is 1.00 e. The summed E-state index contributed by atoms with van der Waals surface area (Å²) in [7, 11) is 0. The summed E-state index contributed by atoms with van der Waals surface area (Å²) in [5.41, 5.74) is 0. The molecule has 34 valence electrons. The fraction of sp³-hybridized carbons (Fsp3) is 0. The third-order valence-electron chi connectivity index (χ3n) is 0.222. The molecular formula is C4H3F2Li. The van der Waals surface area contributed by atoms with Gasteiger partial charge in [-0.05, 0) is 0 Å². The maximum atomic E-state index is 10.8. The molecule has 0 atom stereocenters. The summed E-state index contributed by atoms with van der Waals surface area (Å²) in [4.78, 5) is 0. The molecule has 0 aromatic carbocycles. The largest absolute Gasteiger partial charge is 1.00 e. The first-order chi connectivity index (χ1) is 2.77. The molecule has 0 N–H and O–H groups in total. The monoisotopic (exact) mass is 96.0 g/mol. The third kappa shape index (κ3) is 10.7. The number of hydrogen-bond acceptors (Lipinski definition) is 0. The van der Waals surface area contributed by atoms with Crippen LogP contribution in [0.15, 0.2) is 18.2 Å². The number of allylic oxidation sites excluding steroid dienone is 2. The topological polar surface area (TPSA) is 0 Å². The molecule has 0 saturated carbocycles. The summed E-state index contributed by atoms with van der Waals surface area (Å²) in [6.07, 6.45) is -0.451. The summed E-state index contributed by atoms with van der Waals surface area (Å²) in [6, 6.07) is 0. The van der Waals surface area contributed by atoms with Crippen LogP contribution in [0, 0.1) is 6.58 Å². The zero-order valence-electron chi connectivity index (χ0n) is 3.99. The second kappa shape index (κ2) is 5.94. The molecule has 3 heteroatoms. The summed E-state index contributed by atoms with van der Waals surface area (Å²) >= 11 is 0. The van der Waals surface area contributed by atoms with E-state index in [-0.39, 0.29) is 18.9 Å². The van der Waals surface area contributed by atoms with E-state index in [0.717, 1.165) is 6.08 Å². The van der Waals surface area contributed by atoms with Gasteiger partial charge >= 0.3 is 18.9 Å². The molecular weight excluding hydrogens is 93.0 g/mol. The van der Waals surface area contributed by atoms with Crippen LogP contribution in [0.3, 0.4) is 0 Å². The average Bonchev–Trinajstić information content (AvgIpc) is 1.35. The molecule has 0 bridgehead atoms. The first-order valence-corrected chi connectivity index (χ1v) is 1.33. The van der Waals surface area contributed by atoms with Crippen LogP contribution < -0.4 is 18.9 Å². The first-order valence-electron chi connectivity index (χ1n) is 1.33. The molecule has 0 spiro atoms. The van der Waals surface area contributed by atoms with Crippen LogP contribution in [0.25, 0.3) is 0 Å². The molecule has 0 aromatic heterocycles. The van der Waals surface area contributed by atoms with Gasteiger partial charge in [-0.3, -0.25) is 6.58 Å². The van der Waals surface area contributed by atoms with E-state index in [9.17, 15) is 8.78 Å². The van der Waals surface area contributed by atoms with Crippen molar-refractivity contribution < 1.29 is 27.6 Å². The van der Waals surface area contributed by atoms with Gasteiger partial charge in [-0.25, -0.2) is 6.08 Å². The summed E-state index contributed by atoms with van der Waals surface area (Å²) in [5.74, 6) is 0. The Morgan fingerprint density at radius 1 is 1.43 bits per heavy atom. The van der Waals surface area contributed by atoms with Gasteiger partial charge in [0.25, 0.3) is 0 Å². The first kappa shape index (κ1) is 10.0. The minimum Gasteiger partial charge on any atom is -0.293 e. The van der Waals surface area contributed by atoms with Crippen molar-refractivity contribution in [2.75, 3.05) is 0 Å². The molecule has 0 amide bonds. The number of hydrogen-bond donors (Lipinski definition) is 0. The molecule has 0 nitrogen and oxygen atoms in total. The Hall–Kier alpha value is -0.0626. The predicted octanol–water partition coefficient (Wildman–Crippen LogP) is -1.24. The Labute approximate surface area is 53.1 Å². The van der Waals surface area contributed by atoms with Crippen LogP contribution in [0.4, 0.5) is 8.78 Å². The van der Waals surface area contributed by atoms with Gasteiger partial charge in [-0.2, -0.15) is 8.78 Å². The Bertz CT molecular complexity index is 73.8. The van der Waals surface area contributed by atoms with Crippen molar-refractivity contribution in [3.63, 3.8) is 0 Å². The molecule has 0 radical (unpaired) electrons. The van der Waals surface area contributed by atoms with Gasteiger partial charge in [0, 0.05) is 0 Å². The van der Waals surface area contributed by atoms with Crippen LogP contribution in [0.2, 0.25) is 0 Å². The maximum absolute atomic E-state index is 10.8. The Morgan fingerprint density at radius 3 is 1.86 bits per heavy atom. The van der Waals surface area contributed by atoms with E-state index < -0.39 is 6.08 Å². The summed E-state index contributed by atoms with van der Waals surface area (Å²) < 4.78 is 21.6. The van der Waals surface area contributed by atoms with Crippen molar-refractivity contribution in [1.29, 1.82) is 0 Å². The Morgan fingerprint density at radius 2 is 1.86 bits per heavy atom. The normalized spacial score (nSPS) is 6.00. The van der Waals surface area contributed by atoms with E-state index >= 15 is 0 Å². The van der Waals surface area contributed by atoms with Gasteiger partial charge < -0.3 is 0 Å². The van der Waals surface area contributed by atoms with Crippen molar-refractivity contribution in [2.24, 2.45) is 0 Å². The summed E-state index contributed by atoms with van der Waals surface area (Å²) in [6.45, 7) is 4.55. The minimum atomic E-state index is -1.77. The Balaban J connectivity index is 0. The van der Waals surface area contributed by atoms with Crippen LogP contribution in [0.5, 0.6) is 0 Å².